The highest BCUT2D eigenvalue weighted by molar-refractivity contribution is 6.07. The van der Waals surface area contributed by atoms with E-state index in [4.69, 9.17) is 8.94 Å². The van der Waals surface area contributed by atoms with Gasteiger partial charge in [0.1, 0.15) is 5.69 Å². The SMILES string of the molecule is Cc1noc2nc(-c3ccco3)cc(C(=O)N(C3CCCC3)C3CC3)c12. The molecule has 0 bridgehead atoms. The van der Waals surface area contributed by atoms with Crippen molar-refractivity contribution in [2.45, 2.75) is 57.5 Å². The van der Waals surface area contributed by atoms with Crippen LogP contribution in [0.4, 0.5) is 0 Å². The van der Waals surface area contributed by atoms with E-state index in [1.807, 2.05) is 25.1 Å². The number of fused-ring (bicyclic) bond motifs is 1. The first kappa shape index (κ1) is 15.6. The van der Waals surface area contributed by atoms with Gasteiger partial charge in [0.05, 0.1) is 22.9 Å². The summed E-state index contributed by atoms with van der Waals surface area (Å²) in [6.07, 6.45) is 8.42. The van der Waals surface area contributed by atoms with Crippen LogP contribution in [0.5, 0.6) is 0 Å². The third-order valence-electron chi connectivity index (χ3n) is 5.51. The molecule has 0 saturated heterocycles. The monoisotopic (exact) mass is 351 g/mol. The Morgan fingerprint density at radius 1 is 1.19 bits per heavy atom. The van der Waals surface area contributed by atoms with Gasteiger partial charge >= 0.3 is 0 Å². The van der Waals surface area contributed by atoms with Crippen LogP contribution in [0.1, 0.15) is 54.6 Å². The molecule has 134 valence electrons. The van der Waals surface area contributed by atoms with E-state index in [0.29, 0.717) is 45.9 Å². The molecule has 3 heterocycles. The Kier molecular flexibility index (Phi) is 3.58. The molecule has 26 heavy (non-hydrogen) atoms. The fourth-order valence-electron chi connectivity index (χ4n) is 4.12. The highest BCUT2D eigenvalue weighted by Gasteiger charge is 2.39. The van der Waals surface area contributed by atoms with Crippen LogP contribution in [0.2, 0.25) is 0 Å². The molecule has 6 heteroatoms. The summed E-state index contributed by atoms with van der Waals surface area (Å²) < 4.78 is 10.9. The second kappa shape index (κ2) is 5.97. The maximum absolute atomic E-state index is 13.6. The van der Waals surface area contributed by atoms with Crippen LogP contribution in [-0.4, -0.2) is 33.0 Å². The maximum Gasteiger partial charge on any atom is 0.259 e. The largest absolute Gasteiger partial charge is 0.463 e. The fourth-order valence-corrected chi connectivity index (χ4v) is 4.12. The highest BCUT2D eigenvalue weighted by atomic mass is 16.5. The summed E-state index contributed by atoms with van der Waals surface area (Å²) in [6.45, 7) is 1.86. The van der Waals surface area contributed by atoms with Crippen LogP contribution in [-0.2, 0) is 0 Å². The van der Waals surface area contributed by atoms with Crippen molar-refractivity contribution >= 4 is 17.0 Å². The molecule has 2 aliphatic rings. The third kappa shape index (κ3) is 2.52. The molecule has 1 amide bonds. The lowest BCUT2D eigenvalue weighted by atomic mass is 10.1. The number of hydrogen-bond acceptors (Lipinski definition) is 5. The first-order valence-corrected chi connectivity index (χ1v) is 9.36. The van der Waals surface area contributed by atoms with Gasteiger partial charge in [-0.2, -0.15) is 0 Å². The second-order valence-corrected chi connectivity index (χ2v) is 7.36. The highest BCUT2D eigenvalue weighted by Crippen LogP contribution is 2.37. The predicted molar refractivity (Wildman–Crippen MR) is 95.7 cm³/mol. The molecule has 0 radical (unpaired) electrons. The molecule has 0 aliphatic heterocycles. The number of amides is 1. The van der Waals surface area contributed by atoms with E-state index >= 15 is 0 Å². The van der Waals surface area contributed by atoms with Crippen molar-refractivity contribution < 1.29 is 13.7 Å². The van der Waals surface area contributed by atoms with Gasteiger partial charge in [0, 0.05) is 12.1 Å². The molecule has 0 aromatic carbocycles. The number of carbonyl (C=O) groups is 1. The summed E-state index contributed by atoms with van der Waals surface area (Å²) in [5, 5.41) is 4.76. The van der Waals surface area contributed by atoms with Gasteiger partial charge in [0.25, 0.3) is 11.6 Å². The van der Waals surface area contributed by atoms with Crippen LogP contribution < -0.4 is 0 Å². The summed E-state index contributed by atoms with van der Waals surface area (Å²) in [6, 6.07) is 6.20. The molecular formula is C20H21N3O3. The van der Waals surface area contributed by atoms with Crippen LogP contribution >= 0.6 is 0 Å². The van der Waals surface area contributed by atoms with Crippen LogP contribution in [0.25, 0.3) is 22.6 Å². The lowest BCUT2D eigenvalue weighted by molar-refractivity contribution is 0.0666. The van der Waals surface area contributed by atoms with Gasteiger partial charge in [-0.15, -0.1) is 0 Å². The van der Waals surface area contributed by atoms with Gasteiger partial charge < -0.3 is 13.8 Å². The van der Waals surface area contributed by atoms with Crippen molar-refractivity contribution in [1.29, 1.82) is 0 Å². The Bertz CT molecular complexity index is 950. The number of aromatic nitrogens is 2. The van der Waals surface area contributed by atoms with Crippen molar-refractivity contribution in [1.82, 2.24) is 15.0 Å². The van der Waals surface area contributed by atoms with E-state index in [2.05, 4.69) is 15.0 Å². The van der Waals surface area contributed by atoms with E-state index in [1.165, 1.54) is 12.8 Å². The van der Waals surface area contributed by atoms with Gasteiger partial charge in [-0.25, -0.2) is 4.98 Å². The van der Waals surface area contributed by atoms with Crippen LogP contribution in [0, 0.1) is 6.92 Å². The summed E-state index contributed by atoms with van der Waals surface area (Å²) in [7, 11) is 0. The average Bonchev–Trinajstić information content (AvgIpc) is 3.08. The normalized spacial score (nSPS) is 17.9. The number of aryl methyl sites for hydroxylation is 1. The average molecular weight is 351 g/mol. The first-order chi connectivity index (χ1) is 12.7. The quantitative estimate of drug-likeness (QED) is 0.699. The molecule has 0 N–H and O–H groups in total. The molecule has 6 nitrogen and oxygen atoms in total. The number of pyridine rings is 1. The van der Waals surface area contributed by atoms with Crippen molar-refractivity contribution in [2.24, 2.45) is 0 Å². The molecular weight excluding hydrogens is 330 g/mol. The smallest absolute Gasteiger partial charge is 0.259 e. The minimum Gasteiger partial charge on any atom is -0.463 e. The van der Waals surface area contributed by atoms with E-state index < -0.39 is 0 Å². The van der Waals surface area contributed by atoms with Gasteiger partial charge in [-0.1, -0.05) is 18.0 Å². The van der Waals surface area contributed by atoms with Crippen molar-refractivity contribution in [3.63, 3.8) is 0 Å². The molecule has 0 unspecified atom stereocenters. The molecule has 3 aromatic heterocycles. The number of hydrogen-bond donors (Lipinski definition) is 0. The molecule has 0 atom stereocenters. The summed E-state index contributed by atoms with van der Waals surface area (Å²) in [5.41, 5.74) is 2.31. The molecule has 3 aromatic rings. The van der Waals surface area contributed by atoms with Crippen molar-refractivity contribution in [3.8, 4) is 11.5 Å². The fraction of sp³-hybridized carbons (Fsp3) is 0.450. The maximum atomic E-state index is 13.6. The molecule has 5 rings (SSSR count). The van der Waals surface area contributed by atoms with E-state index in [-0.39, 0.29) is 5.91 Å². The number of nitrogens with zero attached hydrogens (tertiary/aromatic N) is 3. The number of carbonyl (C=O) groups excluding carboxylic acids is 1. The van der Waals surface area contributed by atoms with E-state index in [9.17, 15) is 4.79 Å². The first-order valence-electron chi connectivity index (χ1n) is 9.36. The number of rotatable bonds is 4. The minimum absolute atomic E-state index is 0.0749. The van der Waals surface area contributed by atoms with Gasteiger partial charge in [0.15, 0.2) is 5.76 Å². The standard InChI is InChI=1S/C20H21N3O3/c1-12-18-15(20(24)23(14-8-9-14)13-5-2-3-6-13)11-16(17-7-4-10-25-17)21-19(18)26-22-12/h4,7,10-11,13-14H,2-3,5-6,8-9H2,1H3. The topological polar surface area (TPSA) is 72.4 Å². The third-order valence-corrected chi connectivity index (χ3v) is 5.51. The second-order valence-electron chi connectivity index (χ2n) is 7.36. The Balaban J connectivity index is 1.64. The zero-order chi connectivity index (χ0) is 17.7. The van der Waals surface area contributed by atoms with Crippen LogP contribution in [0.15, 0.2) is 33.4 Å². The lowest BCUT2D eigenvalue weighted by Gasteiger charge is -2.29. The summed E-state index contributed by atoms with van der Waals surface area (Å²) in [5.74, 6) is 0.694. The van der Waals surface area contributed by atoms with Gasteiger partial charge in [0.2, 0.25) is 0 Å². The molecule has 2 saturated carbocycles. The van der Waals surface area contributed by atoms with Crippen LogP contribution in [0.3, 0.4) is 0 Å². The van der Waals surface area contributed by atoms with Gasteiger partial charge in [-0.05, 0) is 50.8 Å². The Morgan fingerprint density at radius 3 is 2.65 bits per heavy atom. The Hall–Kier alpha value is -2.63. The summed E-state index contributed by atoms with van der Waals surface area (Å²) >= 11 is 0. The Morgan fingerprint density at radius 2 is 1.96 bits per heavy atom. The molecule has 2 fully saturated rings. The summed E-state index contributed by atoms with van der Waals surface area (Å²) in [4.78, 5) is 20.2. The lowest BCUT2D eigenvalue weighted by Crippen LogP contribution is -2.40. The molecule has 2 aliphatic carbocycles. The van der Waals surface area contributed by atoms with E-state index in [1.54, 1.807) is 6.26 Å². The zero-order valence-corrected chi connectivity index (χ0v) is 14.8. The van der Waals surface area contributed by atoms with E-state index in [0.717, 1.165) is 25.7 Å². The Labute approximate surface area is 151 Å². The zero-order valence-electron chi connectivity index (χ0n) is 14.8. The number of furan rings is 1. The molecule has 0 spiro atoms. The van der Waals surface area contributed by atoms with Gasteiger partial charge in [-0.3, -0.25) is 4.79 Å². The van der Waals surface area contributed by atoms with Crippen molar-refractivity contribution in [3.05, 3.63) is 35.7 Å². The minimum atomic E-state index is 0.0749. The predicted octanol–water partition coefficient (Wildman–Crippen LogP) is 4.34. The van der Waals surface area contributed by atoms with Crippen molar-refractivity contribution in [2.75, 3.05) is 0 Å².